The molecule has 1 aromatic heterocycles. The van der Waals surface area contributed by atoms with Gasteiger partial charge in [0.25, 0.3) is 0 Å². The molecule has 3 rings (SSSR count). The van der Waals surface area contributed by atoms with Crippen molar-refractivity contribution >= 4 is 23.5 Å². The molecule has 0 atom stereocenters. The van der Waals surface area contributed by atoms with Gasteiger partial charge < -0.3 is 18.6 Å². The second-order valence-corrected chi connectivity index (χ2v) is 6.85. The van der Waals surface area contributed by atoms with Gasteiger partial charge in [0.05, 0.1) is 7.11 Å². The van der Waals surface area contributed by atoms with E-state index in [0.717, 1.165) is 5.56 Å². The van der Waals surface area contributed by atoms with E-state index in [9.17, 15) is 13.6 Å². The molecule has 0 unspecified atom stereocenters. The van der Waals surface area contributed by atoms with Crippen molar-refractivity contribution < 1.29 is 32.2 Å². The van der Waals surface area contributed by atoms with Crippen LogP contribution < -0.4 is 14.2 Å². The van der Waals surface area contributed by atoms with E-state index in [1.165, 1.54) is 37.5 Å². The van der Waals surface area contributed by atoms with Crippen molar-refractivity contribution in [1.29, 1.82) is 0 Å². The maximum Gasteiger partial charge on any atom is 0.387 e. The maximum absolute atomic E-state index is 12.4. The normalized spacial score (nSPS) is 11.2. The van der Waals surface area contributed by atoms with Crippen LogP contribution in [0.15, 0.2) is 59.0 Å². The summed E-state index contributed by atoms with van der Waals surface area (Å²) in [6.45, 7) is -0.890. The van der Waals surface area contributed by atoms with Crippen LogP contribution in [0.25, 0.3) is 6.08 Å². The van der Waals surface area contributed by atoms with Gasteiger partial charge in [-0.05, 0) is 73.2 Å². The van der Waals surface area contributed by atoms with Gasteiger partial charge in [0.15, 0.2) is 17.3 Å². The number of rotatable bonds is 9. The van der Waals surface area contributed by atoms with E-state index in [2.05, 4.69) is 4.74 Å². The minimum Gasteiger partial charge on any atom is -0.493 e. The highest BCUT2D eigenvalue weighted by Crippen LogP contribution is 2.30. The molecule has 0 saturated carbocycles. The summed E-state index contributed by atoms with van der Waals surface area (Å²) in [5.74, 6) is 1.24. The van der Waals surface area contributed by atoms with Crippen LogP contribution in [0.3, 0.4) is 0 Å². The quantitative estimate of drug-likeness (QED) is 0.283. The van der Waals surface area contributed by atoms with E-state index in [1.807, 2.05) is 13.0 Å². The van der Waals surface area contributed by atoms with Crippen LogP contribution in [0.2, 0.25) is 5.02 Å². The number of hydrogen-bond donors (Lipinski definition) is 0. The Morgan fingerprint density at radius 1 is 1.13 bits per heavy atom. The van der Waals surface area contributed by atoms with Crippen molar-refractivity contribution in [3.05, 3.63) is 82.3 Å². The summed E-state index contributed by atoms with van der Waals surface area (Å²) in [5, 5.41) is 0.663. The SMILES string of the molecule is COc1cc(C(=O)/C=C/c2ccc(COc3ccc(Cl)c(C)c3)o2)ccc1OC(F)F. The summed E-state index contributed by atoms with van der Waals surface area (Å²) < 4.78 is 45.5. The molecule has 0 fully saturated rings. The number of benzene rings is 2. The smallest absolute Gasteiger partial charge is 0.387 e. The van der Waals surface area contributed by atoms with Gasteiger partial charge in [0.1, 0.15) is 23.9 Å². The highest BCUT2D eigenvalue weighted by molar-refractivity contribution is 6.31. The molecule has 0 radical (unpaired) electrons. The number of hydrogen-bond acceptors (Lipinski definition) is 5. The minimum atomic E-state index is -2.99. The molecule has 8 heteroatoms. The van der Waals surface area contributed by atoms with Crippen molar-refractivity contribution in [3.63, 3.8) is 0 Å². The summed E-state index contributed by atoms with van der Waals surface area (Å²) in [6, 6.07) is 12.8. The molecule has 1 heterocycles. The van der Waals surface area contributed by atoms with Crippen LogP contribution >= 0.6 is 11.6 Å². The molecule has 0 N–H and O–H groups in total. The number of methoxy groups -OCH3 is 1. The second-order valence-electron chi connectivity index (χ2n) is 6.45. The number of ether oxygens (including phenoxy) is 3. The molecule has 0 spiro atoms. The first-order valence-electron chi connectivity index (χ1n) is 9.18. The predicted octanol–water partition coefficient (Wildman–Crippen LogP) is 6.33. The van der Waals surface area contributed by atoms with Gasteiger partial charge in [-0.2, -0.15) is 8.78 Å². The van der Waals surface area contributed by atoms with Crippen molar-refractivity contribution in [2.24, 2.45) is 0 Å². The molecule has 31 heavy (non-hydrogen) atoms. The van der Waals surface area contributed by atoms with E-state index in [-0.39, 0.29) is 29.5 Å². The molecule has 162 valence electrons. The molecule has 3 aromatic rings. The fourth-order valence-corrected chi connectivity index (χ4v) is 2.81. The van der Waals surface area contributed by atoms with Gasteiger partial charge >= 0.3 is 6.61 Å². The first-order chi connectivity index (χ1) is 14.9. The average Bonchev–Trinajstić information content (AvgIpc) is 3.20. The zero-order valence-corrected chi connectivity index (χ0v) is 17.5. The van der Waals surface area contributed by atoms with Crippen LogP contribution in [0, 0.1) is 6.92 Å². The third-order valence-corrected chi connectivity index (χ3v) is 4.68. The number of carbonyl (C=O) groups is 1. The van der Waals surface area contributed by atoms with Gasteiger partial charge in [0, 0.05) is 10.6 Å². The van der Waals surface area contributed by atoms with Gasteiger partial charge in [-0.3, -0.25) is 4.79 Å². The summed E-state index contributed by atoms with van der Waals surface area (Å²) in [7, 11) is 1.30. The molecule has 0 bridgehead atoms. The number of allylic oxidation sites excluding steroid dienone is 1. The Balaban J connectivity index is 1.62. The van der Waals surface area contributed by atoms with Crippen LogP contribution in [-0.4, -0.2) is 19.5 Å². The summed E-state index contributed by atoms with van der Waals surface area (Å²) in [6.07, 6.45) is 2.82. The fraction of sp³-hybridized carbons (Fsp3) is 0.174. The molecular weight excluding hydrogens is 430 g/mol. The molecular formula is C23H19ClF2O5. The van der Waals surface area contributed by atoms with E-state index in [1.54, 1.807) is 24.3 Å². The number of aryl methyl sites for hydroxylation is 1. The lowest BCUT2D eigenvalue weighted by Crippen LogP contribution is -2.04. The standard InChI is InChI=1S/C23H19ClF2O5/c1-14-11-17(6-8-19(14)24)29-13-18-5-4-16(30-18)7-9-20(27)15-3-10-21(31-23(25)26)22(12-15)28-2/h3-12,23H,13H2,1-2H3/b9-7+. The highest BCUT2D eigenvalue weighted by Gasteiger charge is 2.13. The van der Waals surface area contributed by atoms with Crippen LogP contribution in [0.4, 0.5) is 8.78 Å². The van der Waals surface area contributed by atoms with E-state index in [4.69, 9.17) is 25.5 Å². The lowest BCUT2D eigenvalue weighted by molar-refractivity contribution is -0.0512. The molecule has 0 aliphatic heterocycles. The zero-order valence-electron chi connectivity index (χ0n) is 16.7. The first-order valence-corrected chi connectivity index (χ1v) is 9.56. The van der Waals surface area contributed by atoms with Crippen molar-refractivity contribution in [3.8, 4) is 17.2 Å². The lowest BCUT2D eigenvalue weighted by atomic mass is 10.1. The summed E-state index contributed by atoms with van der Waals surface area (Å²) in [5.41, 5.74) is 1.16. The Bertz CT molecular complexity index is 1090. The highest BCUT2D eigenvalue weighted by atomic mass is 35.5. The van der Waals surface area contributed by atoms with E-state index >= 15 is 0 Å². The lowest BCUT2D eigenvalue weighted by Gasteiger charge is -2.10. The summed E-state index contributed by atoms with van der Waals surface area (Å²) in [4.78, 5) is 12.4. The first kappa shape index (κ1) is 22.4. The van der Waals surface area contributed by atoms with E-state index in [0.29, 0.717) is 22.3 Å². The van der Waals surface area contributed by atoms with Gasteiger partial charge in [-0.1, -0.05) is 11.6 Å². The Labute approximate surface area is 182 Å². The maximum atomic E-state index is 12.4. The number of halogens is 3. The van der Waals surface area contributed by atoms with Gasteiger partial charge in [-0.15, -0.1) is 0 Å². The molecule has 0 aliphatic rings. The Hall–Kier alpha value is -3.32. The predicted molar refractivity (Wildman–Crippen MR) is 112 cm³/mol. The Morgan fingerprint density at radius 3 is 2.65 bits per heavy atom. The topological polar surface area (TPSA) is 57.9 Å². The Kier molecular flexibility index (Phi) is 7.31. The number of ketones is 1. The van der Waals surface area contributed by atoms with E-state index < -0.39 is 6.61 Å². The minimum absolute atomic E-state index is 0.0365. The van der Waals surface area contributed by atoms with Crippen molar-refractivity contribution in [2.45, 2.75) is 20.1 Å². The third-order valence-electron chi connectivity index (χ3n) is 4.26. The molecule has 0 saturated heterocycles. The largest absolute Gasteiger partial charge is 0.493 e. The van der Waals surface area contributed by atoms with Crippen molar-refractivity contribution in [2.75, 3.05) is 7.11 Å². The number of carbonyl (C=O) groups excluding carboxylic acids is 1. The number of alkyl halides is 2. The molecule has 2 aromatic carbocycles. The Morgan fingerprint density at radius 2 is 1.94 bits per heavy atom. The second kappa shape index (κ2) is 10.1. The third kappa shape index (κ3) is 6.08. The number of furan rings is 1. The molecule has 0 aliphatic carbocycles. The van der Waals surface area contributed by atoms with Crippen LogP contribution in [0.1, 0.15) is 27.4 Å². The van der Waals surface area contributed by atoms with Crippen LogP contribution in [0.5, 0.6) is 17.2 Å². The van der Waals surface area contributed by atoms with Gasteiger partial charge in [-0.25, -0.2) is 0 Å². The average molecular weight is 449 g/mol. The molecule has 5 nitrogen and oxygen atoms in total. The molecule has 0 amide bonds. The van der Waals surface area contributed by atoms with Crippen molar-refractivity contribution in [1.82, 2.24) is 0 Å². The summed E-state index contributed by atoms with van der Waals surface area (Å²) >= 11 is 6.00. The monoisotopic (exact) mass is 448 g/mol. The fourth-order valence-electron chi connectivity index (χ4n) is 2.69. The van der Waals surface area contributed by atoms with Crippen LogP contribution in [-0.2, 0) is 6.61 Å². The zero-order chi connectivity index (χ0) is 22.4. The van der Waals surface area contributed by atoms with Gasteiger partial charge in [0.2, 0.25) is 0 Å².